The number of carbonyl (C=O) groups excluding carboxylic acids is 1. The average Bonchev–Trinajstić information content (AvgIpc) is 3.12. The van der Waals surface area contributed by atoms with E-state index in [9.17, 15) is 4.79 Å². The smallest absolute Gasteiger partial charge is 0.245 e. The summed E-state index contributed by atoms with van der Waals surface area (Å²) in [6, 6.07) is 5.77. The van der Waals surface area contributed by atoms with Gasteiger partial charge in [-0.3, -0.25) is 9.79 Å². The lowest BCUT2D eigenvalue weighted by Gasteiger charge is -2.21. The van der Waals surface area contributed by atoms with Gasteiger partial charge in [0.1, 0.15) is 12.3 Å². The molecule has 3 aromatic rings. The molecule has 8 nitrogen and oxygen atoms in total. The Morgan fingerprint density at radius 1 is 1.06 bits per heavy atom. The first kappa shape index (κ1) is 24.5. The summed E-state index contributed by atoms with van der Waals surface area (Å²) in [5.74, 6) is 1.18. The van der Waals surface area contributed by atoms with Crippen molar-refractivity contribution in [2.45, 2.75) is 66.8 Å². The third kappa shape index (κ3) is 5.10. The molecule has 3 rings (SSSR count). The summed E-state index contributed by atoms with van der Waals surface area (Å²) in [5, 5.41) is 9.25. The maximum absolute atomic E-state index is 13.4. The van der Waals surface area contributed by atoms with Crippen molar-refractivity contribution < 1.29 is 14.3 Å². The molecule has 0 unspecified atom stereocenters. The van der Waals surface area contributed by atoms with Crippen molar-refractivity contribution in [3.05, 3.63) is 46.1 Å². The second-order valence-electron chi connectivity index (χ2n) is 9.17. The van der Waals surface area contributed by atoms with Crippen LogP contribution in [0.15, 0.2) is 23.2 Å². The van der Waals surface area contributed by atoms with E-state index in [0.717, 1.165) is 23.1 Å². The standard InChI is InChI=1S/C25H35N5O3/c1-9-11-33-20-13-18(12-19(14-20)25(5,6)7)21(31)15-29-24(26-8)30-22(27-29)16(3)17(4)23(28-30)32-10-2/h12-14H,9-11,15H2,1-8H3/b26-24+. The number of aryl methyl sites for hydroxylation is 1. The predicted octanol–water partition coefficient (Wildman–Crippen LogP) is 4.05. The predicted molar refractivity (Wildman–Crippen MR) is 128 cm³/mol. The average molecular weight is 454 g/mol. The fraction of sp³-hybridized carbons (Fsp3) is 0.520. The van der Waals surface area contributed by atoms with Crippen LogP contribution in [0.3, 0.4) is 0 Å². The molecule has 178 valence electrons. The molecule has 0 amide bonds. The van der Waals surface area contributed by atoms with Crippen LogP contribution in [-0.4, -0.2) is 45.4 Å². The summed E-state index contributed by atoms with van der Waals surface area (Å²) in [7, 11) is 1.67. The Morgan fingerprint density at radius 2 is 1.79 bits per heavy atom. The van der Waals surface area contributed by atoms with E-state index in [-0.39, 0.29) is 17.7 Å². The quantitative estimate of drug-likeness (QED) is 0.481. The van der Waals surface area contributed by atoms with Crippen LogP contribution in [0.5, 0.6) is 11.6 Å². The van der Waals surface area contributed by atoms with Gasteiger partial charge in [-0.2, -0.15) is 4.52 Å². The minimum atomic E-state index is -0.116. The van der Waals surface area contributed by atoms with E-state index in [4.69, 9.17) is 9.47 Å². The first-order valence-corrected chi connectivity index (χ1v) is 11.4. The van der Waals surface area contributed by atoms with Crippen molar-refractivity contribution in [1.29, 1.82) is 0 Å². The summed E-state index contributed by atoms with van der Waals surface area (Å²) in [6.07, 6.45) is 0.900. The van der Waals surface area contributed by atoms with Crippen LogP contribution in [0.2, 0.25) is 0 Å². The van der Waals surface area contributed by atoms with Crippen LogP contribution in [0.1, 0.15) is 68.1 Å². The van der Waals surface area contributed by atoms with Gasteiger partial charge >= 0.3 is 0 Å². The number of rotatable bonds is 8. The number of ether oxygens (including phenoxy) is 2. The fourth-order valence-electron chi connectivity index (χ4n) is 3.54. The highest BCUT2D eigenvalue weighted by atomic mass is 16.5. The van der Waals surface area contributed by atoms with Gasteiger partial charge in [-0.1, -0.05) is 27.7 Å². The largest absolute Gasteiger partial charge is 0.494 e. The molecule has 0 N–H and O–H groups in total. The maximum Gasteiger partial charge on any atom is 0.245 e. The highest BCUT2D eigenvalue weighted by Crippen LogP contribution is 2.28. The van der Waals surface area contributed by atoms with E-state index in [2.05, 4.69) is 42.9 Å². The number of benzene rings is 1. The molecule has 0 aliphatic heterocycles. The van der Waals surface area contributed by atoms with Gasteiger partial charge in [0.05, 0.1) is 13.2 Å². The van der Waals surface area contributed by atoms with Gasteiger partial charge in [-0.25, -0.2) is 4.68 Å². The van der Waals surface area contributed by atoms with Crippen LogP contribution in [0.4, 0.5) is 0 Å². The lowest BCUT2D eigenvalue weighted by atomic mass is 9.85. The molecular weight excluding hydrogens is 418 g/mol. The zero-order valence-electron chi connectivity index (χ0n) is 21.0. The molecule has 0 aliphatic carbocycles. The van der Waals surface area contributed by atoms with E-state index in [1.807, 2.05) is 39.0 Å². The number of hydrogen-bond donors (Lipinski definition) is 0. The normalized spacial score (nSPS) is 12.4. The molecule has 0 aliphatic rings. The maximum atomic E-state index is 13.4. The monoisotopic (exact) mass is 453 g/mol. The van der Waals surface area contributed by atoms with Crippen molar-refractivity contribution in [2.75, 3.05) is 20.3 Å². The van der Waals surface area contributed by atoms with Crippen LogP contribution in [0.25, 0.3) is 5.65 Å². The van der Waals surface area contributed by atoms with Gasteiger partial charge in [-0.15, -0.1) is 10.2 Å². The molecule has 2 aromatic heterocycles. The molecule has 0 saturated heterocycles. The first-order valence-electron chi connectivity index (χ1n) is 11.4. The van der Waals surface area contributed by atoms with Crippen LogP contribution in [0, 0.1) is 13.8 Å². The van der Waals surface area contributed by atoms with E-state index < -0.39 is 0 Å². The number of hydrogen-bond acceptors (Lipinski definition) is 6. The minimum Gasteiger partial charge on any atom is -0.494 e. The highest BCUT2D eigenvalue weighted by Gasteiger charge is 2.20. The SMILES string of the molecule is CCCOc1cc(C(=O)Cn2nc3c(C)c(C)c(OCC)nn3/c2=N/C)cc(C(C)(C)C)c1. The molecule has 0 bridgehead atoms. The number of fused-ring (bicyclic) bond motifs is 1. The van der Waals surface area contributed by atoms with Crippen molar-refractivity contribution in [3.8, 4) is 11.6 Å². The summed E-state index contributed by atoms with van der Waals surface area (Å²) >= 11 is 0. The molecule has 0 saturated carbocycles. The van der Waals surface area contributed by atoms with Crippen molar-refractivity contribution in [3.63, 3.8) is 0 Å². The van der Waals surface area contributed by atoms with E-state index in [1.165, 1.54) is 0 Å². The molecule has 33 heavy (non-hydrogen) atoms. The lowest BCUT2D eigenvalue weighted by Crippen LogP contribution is -2.28. The molecule has 0 radical (unpaired) electrons. The Hall–Kier alpha value is -3.16. The van der Waals surface area contributed by atoms with Crippen molar-refractivity contribution in [2.24, 2.45) is 4.99 Å². The van der Waals surface area contributed by atoms with Crippen LogP contribution in [-0.2, 0) is 12.0 Å². The number of Topliss-reactive ketones (excluding diaryl/α,β-unsaturated/α-hetero) is 1. The number of carbonyl (C=O) groups is 1. The van der Waals surface area contributed by atoms with E-state index >= 15 is 0 Å². The molecule has 0 fully saturated rings. The lowest BCUT2D eigenvalue weighted by molar-refractivity contribution is 0.0965. The fourth-order valence-corrected chi connectivity index (χ4v) is 3.54. The minimum absolute atomic E-state index is 0.0410. The van der Waals surface area contributed by atoms with Gasteiger partial charge in [0, 0.05) is 23.7 Å². The third-order valence-corrected chi connectivity index (χ3v) is 5.59. The Bertz CT molecular complexity index is 1230. The second-order valence-corrected chi connectivity index (χ2v) is 9.17. The molecular formula is C25H35N5O3. The third-order valence-electron chi connectivity index (χ3n) is 5.59. The molecule has 2 heterocycles. The van der Waals surface area contributed by atoms with E-state index in [1.54, 1.807) is 16.2 Å². The molecule has 8 heteroatoms. The van der Waals surface area contributed by atoms with Crippen LogP contribution < -0.4 is 15.1 Å². The Balaban J connectivity index is 2.05. The topological polar surface area (TPSA) is 83.0 Å². The molecule has 1 aromatic carbocycles. The van der Waals surface area contributed by atoms with E-state index in [0.29, 0.717) is 41.7 Å². The number of aromatic nitrogens is 4. The van der Waals surface area contributed by atoms with Gasteiger partial charge in [0.2, 0.25) is 11.5 Å². The Kier molecular flexibility index (Phi) is 7.25. The summed E-state index contributed by atoms with van der Waals surface area (Å²) in [6.45, 7) is 15.4. The summed E-state index contributed by atoms with van der Waals surface area (Å²) in [4.78, 5) is 17.7. The van der Waals surface area contributed by atoms with Crippen molar-refractivity contribution in [1.82, 2.24) is 19.4 Å². The first-order chi connectivity index (χ1) is 15.6. The van der Waals surface area contributed by atoms with Gasteiger partial charge in [-0.05, 0) is 56.4 Å². The molecule has 0 spiro atoms. The number of ketones is 1. The molecule has 0 atom stereocenters. The highest BCUT2D eigenvalue weighted by molar-refractivity contribution is 5.96. The summed E-state index contributed by atoms with van der Waals surface area (Å²) in [5.41, 5.74) is 4.53. The van der Waals surface area contributed by atoms with Gasteiger partial charge < -0.3 is 9.47 Å². The van der Waals surface area contributed by atoms with Crippen LogP contribution >= 0.6 is 0 Å². The van der Waals surface area contributed by atoms with Gasteiger partial charge in [0.25, 0.3) is 0 Å². The second kappa shape index (κ2) is 9.77. The zero-order chi connectivity index (χ0) is 24.3. The number of nitrogens with zero attached hydrogens (tertiary/aromatic N) is 5. The summed E-state index contributed by atoms with van der Waals surface area (Å²) < 4.78 is 14.8. The van der Waals surface area contributed by atoms with Crippen molar-refractivity contribution >= 4 is 11.4 Å². The zero-order valence-corrected chi connectivity index (χ0v) is 21.0. The Labute approximate surface area is 195 Å². The Morgan fingerprint density at radius 3 is 2.39 bits per heavy atom. The van der Waals surface area contributed by atoms with Gasteiger partial charge in [0.15, 0.2) is 11.4 Å².